The van der Waals surface area contributed by atoms with Crippen LogP contribution in [0.3, 0.4) is 0 Å². The molecule has 2 nitrogen and oxygen atoms in total. The van der Waals surface area contributed by atoms with Gasteiger partial charge in [-0.15, -0.1) is 0 Å². The molecular formula is C15H22N2. The molecule has 1 saturated heterocycles. The lowest BCUT2D eigenvalue weighted by atomic mass is 9.85. The lowest BCUT2D eigenvalue weighted by Gasteiger charge is -2.47. The first-order chi connectivity index (χ1) is 8.31. The number of benzene rings is 1. The SMILES string of the molecule is Cc1cccc2c1CCC1CCCC(CN)N21. The predicted molar refractivity (Wildman–Crippen MR) is 72.5 cm³/mol. The Morgan fingerprint density at radius 3 is 3.00 bits per heavy atom. The third-order valence-electron chi connectivity index (χ3n) is 4.52. The zero-order chi connectivity index (χ0) is 11.8. The lowest BCUT2D eigenvalue weighted by Crippen LogP contribution is -2.52. The molecule has 2 aliphatic heterocycles. The average molecular weight is 230 g/mol. The average Bonchev–Trinajstić information content (AvgIpc) is 2.38. The molecule has 2 aliphatic rings. The second-order valence-corrected chi connectivity index (χ2v) is 5.49. The van der Waals surface area contributed by atoms with Gasteiger partial charge in [0.15, 0.2) is 0 Å². The van der Waals surface area contributed by atoms with E-state index in [9.17, 15) is 0 Å². The summed E-state index contributed by atoms with van der Waals surface area (Å²) in [6, 6.07) is 8.03. The highest BCUT2D eigenvalue weighted by Gasteiger charge is 2.34. The van der Waals surface area contributed by atoms with Gasteiger partial charge >= 0.3 is 0 Å². The molecule has 0 aliphatic carbocycles. The molecule has 1 aromatic carbocycles. The van der Waals surface area contributed by atoms with E-state index in [0.717, 1.165) is 12.6 Å². The summed E-state index contributed by atoms with van der Waals surface area (Å²) < 4.78 is 0. The van der Waals surface area contributed by atoms with Crippen molar-refractivity contribution in [2.24, 2.45) is 5.73 Å². The van der Waals surface area contributed by atoms with Gasteiger partial charge in [-0.2, -0.15) is 0 Å². The van der Waals surface area contributed by atoms with Gasteiger partial charge in [-0.05, 0) is 56.2 Å². The van der Waals surface area contributed by atoms with Gasteiger partial charge in [0.05, 0.1) is 0 Å². The molecule has 0 spiro atoms. The summed E-state index contributed by atoms with van der Waals surface area (Å²) in [4.78, 5) is 2.63. The molecule has 0 bridgehead atoms. The summed E-state index contributed by atoms with van der Waals surface area (Å²) in [5.74, 6) is 0. The standard InChI is InChI=1S/C15H22N2/c1-11-4-2-7-15-14(11)9-8-12-5-3-6-13(10-16)17(12)15/h2,4,7,12-13H,3,5-6,8-10,16H2,1H3. The van der Waals surface area contributed by atoms with Gasteiger partial charge in [-0.1, -0.05) is 12.1 Å². The maximum absolute atomic E-state index is 5.96. The van der Waals surface area contributed by atoms with E-state index in [1.165, 1.54) is 43.4 Å². The Labute approximate surface area is 104 Å². The maximum Gasteiger partial charge on any atom is 0.0415 e. The highest BCUT2D eigenvalue weighted by molar-refractivity contribution is 5.60. The third-order valence-corrected chi connectivity index (χ3v) is 4.52. The van der Waals surface area contributed by atoms with Crippen LogP contribution in [0.1, 0.15) is 36.8 Å². The van der Waals surface area contributed by atoms with Crippen molar-refractivity contribution in [2.45, 2.75) is 51.1 Å². The van der Waals surface area contributed by atoms with E-state index in [1.54, 1.807) is 5.56 Å². The van der Waals surface area contributed by atoms with Gasteiger partial charge in [-0.25, -0.2) is 0 Å². The van der Waals surface area contributed by atoms with Crippen LogP contribution in [-0.4, -0.2) is 18.6 Å². The van der Waals surface area contributed by atoms with E-state index in [0.29, 0.717) is 6.04 Å². The van der Waals surface area contributed by atoms with E-state index in [-0.39, 0.29) is 0 Å². The highest BCUT2D eigenvalue weighted by Crippen LogP contribution is 2.38. The van der Waals surface area contributed by atoms with E-state index in [1.807, 2.05) is 0 Å². The van der Waals surface area contributed by atoms with Crippen LogP contribution < -0.4 is 10.6 Å². The molecule has 0 saturated carbocycles. The zero-order valence-corrected chi connectivity index (χ0v) is 10.7. The molecule has 3 rings (SSSR count). The maximum atomic E-state index is 5.96. The molecule has 17 heavy (non-hydrogen) atoms. The minimum atomic E-state index is 0.564. The fourth-order valence-electron chi connectivity index (χ4n) is 3.64. The second-order valence-electron chi connectivity index (χ2n) is 5.49. The van der Waals surface area contributed by atoms with E-state index in [2.05, 4.69) is 30.0 Å². The third kappa shape index (κ3) is 1.75. The van der Waals surface area contributed by atoms with Gasteiger partial charge in [0.25, 0.3) is 0 Å². The van der Waals surface area contributed by atoms with Crippen molar-refractivity contribution in [1.29, 1.82) is 0 Å². The van der Waals surface area contributed by atoms with Crippen LogP contribution in [0.5, 0.6) is 0 Å². The number of rotatable bonds is 1. The molecule has 2 heteroatoms. The Morgan fingerprint density at radius 2 is 2.18 bits per heavy atom. The monoisotopic (exact) mass is 230 g/mol. The number of anilines is 1. The number of piperidine rings is 1. The number of hydrogen-bond donors (Lipinski definition) is 1. The quantitative estimate of drug-likeness (QED) is 0.803. The molecule has 0 amide bonds. The van der Waals surface area contributed by atoms with Gasteiger partial charge in [0.2, 0.25) is 0 Å². The van der Waals surface area contributed by atoms with Crippen LogP contribution in [0.15, 0.2) is 18.2 Å². The van der Waals surface area contributed by atoms with Crippen molar-refractivity contribution < 1.29 is 0 Å². The first kappa shape index (κ1) is 11.1. The molecule has 2 N–H and O–H groups in total. The largest absolute Gasteiger partial charge is 0.364 e. The Bertz CT molecular complexity index is 413. The summed E-state index contributed by atoms with van der Waals surface area (Å²) in [7, 11) is 0. The van der Waals surface area contributed by atoms with E-state index in [4.69, 9.17) is 5.73 Å². The van der Waals surface area contributed by atoms with Crippen molar-refractivity contribution in [1.82, 2.24) is 0 Å². The Kier molecular flexibility index (Phi) is 2.83. The number of fused-ring (bicyclic) bond motifs is 3. The van der Waals surface area contributed by atoms with Gasteiger partial charge in [0, 0.05) is 24.3 Å². The van der Waals surface area contributed by atoms with Gasteiger partial charge in [0.1, 0.15) is 0 Å². The second kappa shape index (κ2) is 4.34. The number of nitrogens with two attached hydrogens (primary N) is 1. The van der Waals surface area contributed by atoms with Crippen LogP contribution in [0.4, 0.5) is 5.69 Å². The number of hydrogen-bond acceptors (Lipinski definition) is 2. The lowest BCUT2D eigenvalue weighted by molar-refractivity contribution is 0.359. The van der Waals surface area contributed by atoms with Crippen LogP contribution in [0.25, 0.3) is 0 Å². The van der Waals surface area contributed by atoms with Gasteiger partial charge in [-0.3, -0.25) is 0 Å². The molecule has 1 fully saturated rings. The fraction of sp³-hybridized carbons (Fsp3) is 0.600. The van der Waals surface area contributed by atoms with E-state index >= 15 is 0 Å². The number of aryl methyl sites for hydroxylation is 1. The Hall–Kier alpha value is -1.02. The summed E-state index contributed by atoms with van der Waals surface area (Å²) in [6.45, 7) is 3.03. The van der Waals surface area contributed by atoms with Crippen LogP contribution in [0.2, 0.25) is 0 Å². The molecule has 92 valence electrons. The van der Waals surface area contributed by atoms with Gasteiger partial charge < -0.3 is 10.6 Å². The highest BCUT2D eigenvalue weighted by atomic mass is 15.2. The van der Waals surface area contributed by atoms with Crippen molar-refractivity contribution >= 4 is 5.69 Å². The Morgan fingerprint density at radius 1 is 1.29 bits per heavy atom. The molecule has 2 heterocycles. The molecular weight excluding hydrogens is 208 g/mol. The van der Waals surface area contributed by atoms with Crippen LogP contribution in [0, 0.1) is 6.92 Å². The normalized spacial score (nSPS) is 27.5. The van der Waals surface area contributed by atoms with Crippen molar-refractivity contribution in [3.8, 4) is 0 Å². The molecule has 2 atom stereocenters. The Balaban J connectivity index is 2.04. The van der Waals surface area contributed by atoms with Crippen molar-refractivity contribution in [3.05, 3.63) is 29.3 Å². The molecule has 0 aromatic heterocycles. The summed E-state index contributed by atoms with van der Waals surface area (Å²) in [5.41, 5.74) is 10.4. The van der Waals surface area contributed by atoms with Crippen molar-refractivity contribution in [2.75, 3.05) is 11.4 Å². The first-order valence-electron chi connectivity index (χ1n) is 6.88. The summed E-state index contributed by atoms with van der Waals surface area (Å²) in [5, 5.41) is 0. The van der Waals surface area contributed by atoms with E-state index < -0.39 is 0 Å². The summed E-state index contributed by atoms with van der Waals surface area (Å²) >= 11 is 0. The fourth-order valence-corrected chi connectivity index (χ4v) is 3.64. The van der Waals surface area contributed by atoms with Crippen LogP contribution in [-0.2, 0) is 6.42 Å². The number of nitrogens with zero attached hydrogens (tertiary/aromatic N) is 1. The minimum Gasteiger partial charge on any atom is -0.364 e. The summed E-state index contributed by atoms with van der Waals surface area (Å²) in [6.07, 6.45) is 6.53. The molecule has 2 unspecified atom stereocenters. The molecule has 0 radical (unpaired) electrons. The van der Waals surface area contributed by atoms with Crippen molar-refractivity contribution in [3.63, 3.8) is 0 Å². The molecule has 1 aromatic rings. The predicted octanol–water partition coefficient (Wildman–Crippen LogP) is 2.63. The smallest absolute Gasteiger partial charge is 0.0415 e. The zero-order valence-electron chi connectivity index (χ0n) is 10.7. The minimum absolute atomic E-state index is 0.564. The first-order valence-corrected chi connectivity index (χ1v) is 6.88. The topological polar surface area (TPSA) is 29.3 Å². The van der Waals surface area contributed by atoms with Crippen LogP contribution >= 0.6 is 0 Å².